The molecule has 1 heterocycles. The van der Waals surface area contributed by atoms with Gasteiger partial charge >= 0.3 is 0 Å². The Morgan fingerprint density at radius 3 is 3.05 bits per heavy atom. The molecule has 0 N–H and O–H groups in total. The van der Waals surface area contributed by atoms with E-state index < -0.39 is 0 Å². The van der Waals surface area contributed by atoms with Gasteiger partial charge in [0.25, 0.3) is 0 Å². The number of hydrogen-bond donors (Lipinski definition) is 0. The Morgan fingerprint density at radius 2 is 2.25 bits per heavy atom. The number of nitrogens with zero attached hydrogens (tertiary/aromatic N) is 2. The number of hydrogen-bond acceptors (Lipinski definition) is 2. The molecule has 0 amide bonds. The Labute approximate surface area is 119 Å². The zero-order valence-corrected chi connectivity index (χ0v) is 11.9. The van der Waals surface area contributed by atoms with Crippen LogP contribution in [0.2, 0.25) is 0 Å². The van der Waals surface area contributed by atoms with Crippen molar-refractivity contribution < 1.29 is 4.79 Å². The van der Waals surface area contributed by atoms with Gasteiger partial charge in [0, 0.05) is 25.6 Å². The van der Waals surface area contributed by atoms with Gasteiger partial charge in [-0.05, 0) is 42.4 Å². The van der Waals surface area contributed by atoms with E-state index in [9.17, 15) is 4.79 Å². The van der Waals surface area contributed by atoms with Gasteiger partial charge in [0.1, 0.15) is 5.78 Å². The number of Topliss-reactive ketones (excluding diaryl/α,β-unsaturated/α-hetero) is 1. The van der Waals surface area contributed by atoms with Crippen LogP contribution >= 0.6 is 0 Å². The Balaban J connectivity index is 1.69. The van der Waals surface area contributed by atoms with Crippen molar-refractivity contribution in [3.8, 4) is 0 Å². The summed E-state index contributed by atoms with van der Waals surface area (Å²) in [7, 11) is 1.91. The molecular weight excluding hydrogens is 248 g/mol. The fourth-order valence-corrected chi connectivity index (χ4v) is 3.13. The molecule has 1 unspecified atom stereocenters. The van der Waals surface area contributed by atoms with Crippen LogP contribution in [0.25, 0.3) is 0 Å². The normalized spacial score (nSPS) is 17.8. The number of rotatable bonds is 4. The van der Waals surface area contributed by atoms with Crippen molar-refractivity contribution in [3.63, 3.8) is 0 Å². The van der Waals surface area contributed by atoms with E-state index in [1.165, 1.54) is 11.1 Å². The van der Waals surface area contributed by atoms with Crippen LogP contribution in [0.5, 0.6) is 0 Å². The van der Waals surface area contributed by atoms with Crippen molar-refractivity contribution in [2.45, 2.75) is 38.0 Å². The fourth-order valence-electron chi connectivity index (χ4n) is 3.13. The highest BCUT2D eigenvalue weighted by molar-refractivity contribution is 5.86. The summed E-state index contributed by atoms with van der Waals surface area (Å²) in [6, 6.07) is 8.41. The molecule has 0 aliphatic heterocycles. The third-order valence-corrected chi connectivity index (χ3v) is 4.18. The molecule has 0 fully saturated rings. The minimum absolute atomic E-state index is 0.108. The topological polar surface area (TPSA) is 34.9 Å². The van der Waals surface area contributed by atoms with Crippen molar-refractivity contribution in [3.05, 3.63) is 53.3 Å². The molecule has 3 heteroatoms. The maximum Gasteiger partial charge on any atom is 0.140 e. The summed E-state index contributed by atoms with van der Waals surface area (Å²) in [5.41, 5.74) is 3.76. The van der Waals surface area contributed by atoms with Gasteiger partial charge in [-0.2, -0.15) is 5.10 Å². The van der Waals surface area contributed by atoms with Gasteiger partial charge in [0.05, 0.1) is 6.20 Å². The minimum atomic E-state index is 0.108. The van der Waals surface area contributed by atoms with Crippen LogP contribution in [0.15, 0.2) is 36.7 Å². The zero-order chi connectivity index (χ0) is 13.9. The second-order valence-electron chi connectivity index (χ2n) is 5.63. The lowest BCUT2D eigenvalue weighted by atomic mass is 9.79. The maximum atomic E-state index is 12.5. The molecular formula is C17H20N2O. The van der Waals surface area contributed by atoms with Crippen LogP contribution in [0.1, 0.15) is 41.9 Å². The lowest BCUT2D eigenvalue weighted by Gasteiger charge is -2.24. The molecule has 0 saturated carbocycles. The van der Waals surface area contributed by atoms with E-state index in [1.807, 2.05) is 25.5 Å². The Morgan fingerprint density at radius 1 is 1.40 bits per heavy atom. The summed E-state index contributed by atoms with van der Waals surface area (Å²) in [5.74, 6) is 0.484. The first-order valence-corrected chi connectivity index (χ1v) is 7.32. The Bertz CT molecular complexity index is 615. The van der Waals surface area contributed by atoms with Crippen LogP contribution in [-0.2, 0) is 24.7 Å². The number of benzene rings is 1. The predicted octanol–water partition coefficient (Wildman–Crippen LogP) is 3.04. The Kier molecular flexibility index (Phi) is 3.68. The highest BCUT2D eigenvalue weighted by Crippen LogP contribution is 2.33. The number of carbonyl (C=O) groups is 1. The van der Waals surface area contributed by atoms with Crippen LogP contribution in [0.4, 0.5) is 0 Å². The van der Waals surface area contributed by atoms with Crippen LogP contribution in [-0.4, -0.2) is 15.6 Å². The molecule has 1 atom stereocenters. The van der Waals surface area contributed by atoms with Gasteiger partial charge in [0.15, 0.2) is 0 Å². The van der Waals surface area contributed by atoms with E-state index in [2.05, 4.69) is 23.3 Å². The number of aromatic nitrogens is 2. The summed E-state index contributed by atoms with van der Waals surface area (Å²) in [6.07, 6.45) is 8.49. The molecule has 1 aliphatic carbocycles. The van der Waals surface area contributed by atoms with Gasteiger partial charge in [-0.25, -0.2) is 0 Å². The van der Waals surface area contributed by atoms with Gasteiger partial charge in [-0.15, -0.1) is 0 Å². The van der Waals surface area contributed by atoms with Gasteiger partial charge in [0.2, 0.25) is 0 Å². The molecule has 2 aromatic rings. The van der Waals surface area contributed by atoms with Crippen molar-refractivity contribution in [1.82, 2.24) is 9.78 Å². The second-order valence-corrected chi connectivity index (χ2v) is 5.63. The summed E-state index contributed by atoms with van der Waals surface area (Å²) < 4.78 is 1.79. The minimum Gasteiger partial charge on any atom is -0.299 e. The molecule has 3 rings (SSSR count). The van der Waals surface area contributed by atoms with E-state index in [0.717, 1.165) is 31.2 Å². The smallest absolute Gasteiger partial charge is 0.140 e. The lowest BCUT2D eigenvalue weighted by molar-refractivity contribution is -0.120. The van der Waals surface area contributed by atoms with E-state index in [-0.39, 0.29) is 5.92 Å². The molecule has 3 nitrogen and oxygen atoms in total. The number of ketones is 1. The predicted molar refractivity (Wildman–Crippen MR) is 78.7 cm³/mol. The molecule has 104 valence electrons. The van der Waals surface area contributed by atoms with Crippen molar-refractivity contribution in [2.75, 3.05) is 0 Å². The molecule has 1 aromatic heterocycles. The van der Waals surface area contributed by atoms with E-state index >= 15 is 0 Å². The third kappa shape index (κ3) is 2.67. The number of carbonyl (C=O) groups excluding carboxylic acids is 1. The van der Waals surface area contributed by atoms with Gasteiger partial charge in [-0.3, -0.25) is 9.48 Å². The molecule has 0 bridgehead atoms. The average Bonchev–Trinajstić information content (AvgIpc) is 2.90. The summed E-state index contributed by atoms with van der Waals surface area (Å²) >= 11 is 0. The van der Waals surface area contributed by atoms with Crippen LogP contribution in [0.3, 0.4) is 0 Å². The molecule has 0 radical (unpaired) electrons. The highest BCUT2D eigenvalue weighted by Gasteiger charge is 2.25. The summed E-state index contributed by atoms with van der Waals surface area (Å²) in [5, 5.41) is 4.15. The largest absolute Gasteiger partial charge is 0.299 e. The van der Waals surface area contributed by atoms with Crippen LogP contribution in [0, 0.1) is 0 Å². The molecule has 20 heavy (non-hydrogen) atoms. The first-order chi connectivity index (χ1) is 9.74. The first-order valence-electron chi connectivity index (χ1n) is 7.32. The first kappa shape index (κ1) is 13.1. The van der Waals surface area contributed by atoms with Gasteiger partial charge < -0.3 is 0 Å². The SMILES string of the molecule is Cn1cc(CCC(=O)C2CCCc3ccccc32)cn1. The maximum absolute atomic E-state index is 12.5. The zero-order valence-electron chi connectivity index (χ0n) is 11.9. The van der Waals surface area contributed by atoms with E-state index in [1.54, 1.807) is 4.68 Å². The van der Waals surface area contributed by atoms with Crippen LogP contribution < -0.4 is 0 Å². The van der Waals surface area contributed by atoms with Crippen molar-refractivity contribution in [2.24, 2.45) is 7.05 Å². The van der Waals surface area contributed by atoms with Crippen molar-refractivity contribution >= 4 is 5.78 Å². The van der Waals surface area contributed by atoms with E-state index in [4.69, 9.17) is 0 Å². The quantitative estimate of drug-likeness (QED) is 0.854. The fraction of sp³-hybridized carbons (Fsp3) is 0.412. The number of aryl methyl sites for hydroxylation is 3. The highest BCUT2D eigenvalue weighted by atomic mass is 16.1. The van der Waals surface area contributed by atoms with Gasteiger partial charge in [-0.1, -0.05) is 24.3 Å². The average molecular weight is 268 g/mol. The second kappa shape index (κ2) is 5.61. The third-order valence-electron chi connectivity index (χ3n) is 4.18. The summed E-state index contributed by atoms with van der Waals surface area (Å²) in [6.45, 7) is 0. The molecule has 1 aromatic carbocycles. The number of fused-ring (bicyclic) bond motifs is 1. The summed E-state index contributed by atoms with van der Waals surface area (Å²) in [4.78, 5) is 12.5. The standard InChI is InChI=1S/C17H20N2O/c1-19-12-13(11-18-19)9-10-17(20)16-8-4-6-14-5-2-3-7-15(14)16/h2-3,5,7,11-12,16H,4,6,8-10H2,1H3. The van der Waals surface area contributed by atoms with E-state index in [0.29, 0.717) is 12.2 Å². The van der Waals surface area contributed by atoms with Crippen molar-refractivity contribution in [1.29, 1.82) is 0 Å². The molecule has 0 saturated heterocycles. The molecule has 1 aliphatic rings. The Hall–Kier alpha value is -1.90. The molecule has 0 spiro atoms. The monoisotopic (exact) mass is 268 g/mol. The lowest BCUT2D eigenvalue weighted by Crippen LogP contribution is -2.18.